The third-order valence-corrected chi connectivity index (χ3v) is 6.88. The number of amides is 1. The molecule has 1 aliphatic rings. The quantitative estimate of drug-likeness (QED) is 0.591. The highest BCUT2D eigenvalue weighted by molar-refractivity contribution is 7.89. The van der Waals surface area contributed by atoms with E-state index in [-0.39, 0.29) is 4.90 Å². The molecule has 0 spiro atoms. The van der Waals surface area contributed by atoms with Crippen LogP contribution in [0.15, 0.2) is 95.4 Å². The van der Waals surface area contributed by atoms with Crippen LogP contribution < -0.4 is 0 Å². The van der Waals surface area contributed by atoms with Gasteiger partial charge in [0.05, 0.1) is 10.9 Å². The predicted octanol–water partition coefficient (Wildman–Crippen LogP) is 4.74. The van der Waals surface area contributed by atoms with E-state index >= 15 is 0 Å². The van der Waals surface area contributed by atoms with Crippen LogP contribution in [-0.4, -0.2) is 18.6 Å². The van der Waals surface area contributed by atoms with Gasteiger partial charge in [0, 0.05) is 12.0 Å². The van der Waals surface area contributed by atoms with Crippen molar-refractivity contribution in [3.63, 3.8) is 0 Å². The summed E-state index contributed by atoms with van der Waals surface area (Å²) >= 11 is 0. The molecule has 0 aliphatic carbocycles. The van der Waals surface area contributed by atoms with Crippen LogP contribution in [0.2, 0.25) is 0 Å². The van der Waals surface area contributed by atoms with Gasteiger partial charge in [0.15, 0.2) is 0 Å². The third kappa shape index (κ3) is 3.74. The lowest BCUT2D eigenvalue weighted by Gasteiger charge is -2.24. The van der Waals surface area contributed by atoms with Crippen LogP contribution in [0.5, 0.6) is 0 Å². The SMILES string of the molecule is Cc1ccc(S(=O)(=O)N2C(=O)/C(=C\c3ccccc3)CC2c2ccccc2)cc1. The van der Waals surface area contributed by atoms with Crippen LogP contribution in [-0.2, 0) is 14.8 Å². The fraction of sp³-hybridized carbons (Fsp3) is 0.125. The Morgan fingerprint density at radius 2 is 1.45 bits per heavy atom. The number of sulfonamides is 1. The zero-order valence-electron chi connectivity index (χ0n) is 16.0. The minimum absolute atomic E-state index is 0.123. The Kier molecular flexibility index (Phi) is 5.07. The molecule has 1 amide bonds. The first-order valence-corrected chi connectivity index (χ1v) is 10.9. The molecule has 146 valence electrons. The van der Waals surface area contributed by atoms with Crippen molar-refractivity contribution < 1.29 is 13.2 Å². The van der Waals surface area contributed by atoms with Gasteiger partial charge in [-0.15, -0.1) is 0 Å². The average Bonchev–Trinajstić information content (AvgIpc) is 3.06. The Labute approximate surface area is 171 Å². The largest absolute Gasteiger partial charge is 0.268 e. The topological polar surface area (TPSA) is 54.5 Å². The Morgan fingerprint density at radius 1 is 0.862 bits per heavy atom. The summed E-state index contributed by atoms with van der Waals surface area (Å²) in [5.41, 5.74) is 3.12. The fourth-order valence-electron chi connectivity index (χ4n) is 3.56. The van der Waals surface area contributed by atoms with Gasteiger partial charge in [0.2, 0.25) is 0 Å². The third-order valence-electron chi connectivity index (χ3n) is 5.07. The molecule has 0 radical (unpaired) electrons. The predicted molar refractivity (Wildman–Crippen MR) is 113 cm³/mol. The Balaban J connectivity index is 1.81. The van der Waals surface area contributed by atoms with Gasteiger partial charge in [0.25, 0.3) is 15.9 Å². The standard InChI is InChI=1S/C24H21NO3S/c1-18-12-14-22(15-13-18)29(27,28)25-23(20-10-6-3-7-11-20)17-21(24(25)26)16-19-8-4-2-5-9-19/h2-16,23H,17H2,1H3/b21-16-. The molecule has 1 atom stereocenters. The highest BCUT2D eigenvalue weighted by atomic mass is 32.2. The molecule has 29 heavy (non-hydrogen) atoms. The van der Waals surface area contributed by atoms with E-state index < -0.39 is 22.0 Å². The second-order valence-corrected chi connectivity index (χ2v) is 8.94. The first-order chi connectivity index (χ1) is 14.0. The minimum atomic E-state index is -3.98. The van der Waals surface area contributed by atoms with Gasteiger partial charge in [-0.05, 0) is 36.3 Å². The molecule has 1 unspecified atom stereocenters. The molecule has 1 fully saturated rings. The summed E-state index contributed by atoms with van der Waals surface area (Å²) < 4.78 is 27.9. The van der Waals surface area contributed by atoms with E-state index in [1.165, 1.54) is 0 Å². The summed E-state index contributed by atoms with van der Waals surface area (Å²) in [5, 5.41) is 0. The van der Waals surface area contributed by atoms with Gasteiger partial charge in [-0.1, -0.05) is 78.4 Å². The number of benzene rings is 3. The van der Waals surface area contributed by atoms with Crippen molar-refractivity contribution in [2.45, 2.75) is 24.3 Å². The van der Waals surface area contributed by atoms with Crippen molar-refractivity contribution in [3.8, 4) is 0 Å². The molecule has 0 bridgehead atoms. The lowest BCUT2D eigenvalue weighted by atomic mass is 10.0. The minimum Gasteiger partial charge on any atom is -0.268 e. The number of carbonyl (C=O) groups is 1. The van der Waals surface area contributed by atoms with Crippen LogP contribution in [0.1, 0.15) is 29.2 Å². The van der Waals surface area contributed by atoms with Crippen LogP contribution in [0.3, 0.4) is 0 Å². The van der Waals surface area contributed by atoms with Crippen molar-refractivity contribution in [2.24, 2.45) is 0 Å². The van der Waals surface area contributed by atoms with Gasteiger partial charge in [-0.25, -0.2) is 12.7 Å². The van der Waals surface area contributed by atoms with Crippen LogP contribution in [0.4, 0.5) is 0 Å². The van der Waals surface area contributed by atoms with Gasteiger partial charge in [-0.2, -0.15) is 0 Å². The van der Waals surface area contributed by atoms with Gasteiger partial charge < -0.3 is 0 Å². The highest BCUT2D eigenvalue weighted by Gasteiger charge is 2.44. The summed E-state index contributed by atoms with van der Waals surface area (Å²) in [4.78, 5) is 13.4. The Hall–Kier alpha value is -3.18. The van der Waals surface area contributed by atoms with Crippen molar-refractivity contribution in [2.75, 3.05) is 0 Å². The second-order valence-electron chi connectivity index (χ2n) is 7.13. The Morgan fingerprint density at radius 3 is 2.07 bits per heavy atom. The first kappa shape index (κ1) is 19.2. The van der Waals surface area contributed by atoms with E-state index in [9.17, 15) is 13.2 Å². The van der Waals surface area contributed by atoms with E-state index in [0.717, 1.165) is 21.0 Å². The molecular weight excluding hydrogens is 382 g/mol. The zero-order valence-corrected chi connectivity index (χ0v) is 16.8. The first-order valence-electron chi connectivity index (χ1n) is 9.43. The van der Waals surface area contributed by atoms with Crippen molar-refractivity contribution in [3.05, 3.63) is 107 Å². The van der Waals surface area contributed by atoms with Crippen molar-refractivity contribution in [1.29, 1.82) is 0 Å². The van der Waals surface area contributed by atoms with Gasteiger partial charge in [-0.3, -0.25) is 4.79 Å². The number of hydrogen-bond donors (Lipinski definition) is 0. The lowest BCUT2D eigenvalue weighted by molar-refractivity contribution is -0.121. The van der Waals surface area contributed by atoms with Crippen LogP contribution in [0, 0.1) is 6.92 Å². The fourth-order valence-corrected chi connectivity index (χ4v) is 5.14. The summed E-state index contributed by atoms with van der Waals surface area (Å²) in [6, 6.07) is 24.8. The van der Waals surface area contributed by atoms with E-state index in [1.807, 2.05) is 67.6 Å². The number of hydrogen-bond acceptors (Lipinski definition) is 3. The highest BCUT2D eigenvalue weighted by Crippen LogP contribution is 2.40. The summed E-state index contributed by atoms with van der Waals surface area (Å²) in [7, 11) is -3.98. The lowest BCUT2D eigenvalue weighted by Crippen LogP contribution is -2.34. The van der Waals surface area contributed by atoms with Gasteiger partial charge in [0.1, 0.15) is 0 Å². The van der Waals surface area contributed by atoms with E-state index in [1.54, 1.807) is 30.3 Å². The average molecular weight is 404 g/mol. The molecule has 1 heterocycles. The van der Waals surface area contributed by atoms with Crippen LogP contribution >= 0.6 is 0 Å². The number of aryl methyl sites for hydroxylation is 1. The molecule has 0 aromatic heterocycles. The molecule has 3 aromatic carbocycles. The van der Waals surface area contributed by atoms with Crippen molar-refractivity contribution in [1.82, 2.24) is 4.31 Å². The van der Waals surface area contributed by atoms with E-state index in [2.05, 4.69) is 0 Å². The van der Waals surface area contributed by atoms with E-state index in [0.29, 0.717) is 12.0 Å². The molecule has 3 aromatic rings. The summed E-state index contributed by atoms with van der Waals surface area (Å²) in [6.45, 7) is 1.89. The molecule has 1 aliphatic heterocycles. The number of rotatable bonds is 4. The molecule has 1 saturated heterocycles. The molecular formula is C24H21NO3S. The van der Waals surface area contributed by atoms with Gasteiger partial charge >= 0.3 is 0 Å². The Bertz CT molecular complexity index is 1150. The number of nitrogens with zero attached hydrogens (tertiary/aromatic N) is 1. The zero-order chi connectivity index (χ0) is 20.4. The normalized spacial score (nSPS) is 18.4. The molecule has 5 heteroatoms. The van der Waals surface area contributed by atoms with Crippen LogP contribution in [0.25, 0.3) is 6.08 Å². The maximum Gasteiger partial charge on any atom is 0.267 e. The van der Waals surface area contributed by atoms with Crippen molar-refractivity contribution >= 4 is 22.0 Å². The van der Waals surface area contributed by atoms with E-state index in [4.69, 9.17) is 0 Å². The number of carbonyl (C=O) groups excluding carboxylic acids is 1. The maximum atomic E-state index is 13.4. The maximum absolute atomic E-state index is 13.4. The molecule has 0 N–H and O–H groups in total. The monoisotopic (exact) mass is 403 g/mol. The smallest absolute Gasteiger partial charge is 0.267 e. The molecule has 4 rings (SSSR count). The second kappa shape index (κ2) is 7.68. The summed E-state index contributed by atoms with van der Waals surface area (Å²) in [5.74, 6) is -0.469. The summed E-state index contributed by atoms with van der Waals surface area (Å²) in [6.07, 6.45) is 2.12. The molecule has 0 saturated carbocycles. The molecule has 4 nitrogen and oxygen atoms in total.